The van der Waals surface area contributed by atoms with Crippen molar-refractivity contribution in [3.05, 3.63) is 93.8 Å². The molecule has 0 saturated carbocycles. The lowest BCUT2D eigenvalue weighted by atomic mass is 10.2. The van der Waals surface area contributed by atoms with E-state index in [2.05, 4.69) is 15.3 Å². The Bertz CT molecular complexity index is 1170. The summed E-state index contributed by atoms with van der Waals surface area (Å²) in [6.45, 7) is 5.93. The maximum absolute atomic E-state index is 13.3. The van der Waals surface area contributed by atoms with Crippen LogP contribution in [0, 0.1) is 20.8 Å². The molecular formula is C24H22N4O2S. The van der Waals surface area contributed by atoms with Crippen LogP contribution in [0.15, 0.2) is 76.4 Å². The third-order valence-electron chi connectivity index (χ3n) is 4.75. The summed E-state index contributed by atoms with van der Waals surface area (Å²) in [6, 6.07) is 19.0. The molecule has 0 fully saturated rings. The second kappa shape index (κ2) is 8.73. The van der Waals surface area contributed by atoms with Crippen molar-refractivity contribution >= 4 is 29.3 Å². The maximum atomic E-state index is 13.3. The molecule has 0 radical (unpaired) electrons. The standard InChI is InChI=1S/C24H22N4O2S/c1-15-8-7-11-19(12-15)27-20-21(31-24-25-16(2)13-17(3)26-24)23(30)28(22(20)29)14-18-9-5-4-6-10-18/h4-13,27H,14H2,1-3H3. The first-order valence-electron chi connectivity index (χ1n) is 9.89. The fraction of sp³-hybridized carbons (Fsp3) is 0.167. The minimum Gasteiger partial charge on any atom is -0.350 e. The number of thioether (sulfide) groups is 1. The van der Waals surface area contributed by atoms with Crippen molar-refractivity contribution in [1.29, 1.82) is 0 Å². The molecular weight excluding hydrogens is 408 g/mol. The smallest absolute Gasteiger partial charge is 0.278 e. The second-order valence-corrected chi connectivity index (χ2v) is 8.39. The van der Waals surface area contributed by atoms with Gasteiger partial charge in [0.15, 0.2) is 5.16 Å². The van der Waals surface area contributed by atoms with Crippen molar-refractivity contribution in [3.63, 3.8) is 0 Å². The predicted molar refractivity (Wildman–Crippen MR) is 121 cm³/mol. The molecule has 0 aliphatic carbocycles. The zero-order valence-corrected chi connectivity index (χ0v) is 18.4. The van der Waals surface area contributed by atoms with Gasteiger partial charge in [-0.1, -0.05) is 42.5 Å². The summed E-state index contributed by atoms with van der Waals surface area (Å²) >= 11 is 1.12. The van der Waals surface area contributed by atoms with Crippen molar-refractivity contribution in [2.45, 2.75) is 32.5 Å². The van der Waals surface area contributed by atoms with Gasteiger partial charge < -0.3 is 5.32 Å². The first kappa shape index (κ1) is 20.8. The van der Waals surface area contributed by atoms with Gasteiger partial charge in [0.05, 0.1) is 6.54 Å². The molecule has 0 atom stereocenters. The van der Waals surface area contributed by atoms with Gasteiger partial charge in [-0.05, 0) is 61.9 Å². The summed E-state index contributed by atoms with van der Waals surface area (Å²) in [6.07, 6.45) is 0. The van der Waals surface area contributed by atoms with Crippen molar-refractivity contribution in [2.24, 2.45) is 0 Å². The molecule has 0 unspecified atom stereocenters. The number of carbonyl (C=O) groups is 2. The van der Waals surface area contributed by atoms with Crippen LogP contribution >= 0.6 is 11.8 Å². The van der Waals surface area contributed by atoms with Gasteiger partial charge in [0.2, 0.25) is 0 Å². The molecule has 4 rings (SSSR count). The number of imide groups is 1. The first-order chi connectivity index (χ1) is 14.9. The Balaban J connectivity index is 1.70. The van der Waals surface area contributed by atoms with E-state index in [0.717, 1.165) is 40.0 Å². The molecule has 3 aromatic rings. The summed E-state index contributed by atoms with van der Waals surface area (Å²) in [5, 5.41) is 3.61. The van der Waals surface area contributed by atoms with Crippen LogP contribution < -0.4 is 5.32 Å². The average Bonchev–Trinajstić information content (AvgIpc) is 2.93. The van der Waals surface area contributed by atoms with E-state index in [1.165, 1.54) is 4.90 Å². The van der Waals surface area contributed by atoms with E-state index >= 15 is 0 Å². The van der Waals surface area contributed by atoms with Gasteiger partial charge in [-0.2, -0.15) is 0 Å². The van der Waals surface area contributed by atoms with E-state index in [-0.39, 0.29) is 24.1 Å². The molecule has 6 nitrogen and oxygen atoms in total. The van der Waals surface area contributed by atoms with E-state index in [0.29, 0.717) is 10.1 Å². The molecule has 1 aliphatic heterocycles. The molecule has 1 aliphatic rings. The zero-order chi connectivity index (χ0) is 22.0. The number of amides is 2. The number of anilines is 1. The van der Waals surface area contributed by atoms with Gasteiger partial charge >= 0.3 is 0 Å². The van der Waals surface area contributed by atoms with E-state index in [4.69, 9.17) is 0 Å². The highest BCUT2D eigenvalue weighted by Crippen LogP contribution is 2.35. The number of rotatable bonds is 6. The summed E-state index contributed by atoms with van der Waals surface area (Å²) in [4.78, 5) is 37.0. The Morgan fingerprint density at radius 1 is 0.871 bits per heavy atom. The molecule has 0 saturated heterocycles. The fourth-order valence-electron chi connectivity index (χ4n) is 3.37. The number of carbonyl (C=O) groups excluding carboxylic acids is 2. The number of hydrogen-bond donors (Lipinski definition) is 1. The number of nitrogens with zero attached hydrogens (tertiary/aromatic N) is 3. The van der Waals surface area contributed by atoms with E-state index < -0.39 is 0 Å². The van der Waals surface area contributed by atoms with Gasteiger partial charge in [0, 0.05) is 17.1 Å². The largest absolute Gasteiger partial charge is 0.350 e. The normalized spacial score (nSPS) is 13.8. The number of aromatic nitrogens is 2. The van der Waals surface area contributed by atoms with Crippen LogP contribution in [0.25, 0.3) is 0 Å². The van der Waals surface area contributed by atoms with Crippen LogP contribution in [0.2, 0.25) is 0 Å². The van der Waals surface area contributed by atoms with Gasteiger partial charge in [-0.15, -0.1) is 0 Å². The molecule has 31 heavy (non-hydrogen) atoms. The van der Waals surface area contributed by atoms with Crippen LogP contribution in [-0.4, -0.2) is 26.7 Å². The van der Waals surface area contributed by atoms with Crippen molar-refractivity contribution in [1.82, 2.24) is 14.9 Å². The predicted octanol–water partition coefficient (Wildman–Crippen LogP) is 4.39. The average molecular weight is 431 g/mol. The van der Waals surface area contributed by atoms with Crippen LogP contribution in [0.5, 0.6) is 0 Å². The lowest BCUT2D eigenvalue weighted by Crippen LogP contribution is -2.31. The van der Waals surface area contributed by atoms with E-state index in [1.807, 2.05) is 81.4 Å². The van der Waals surface area contributed by atoms with Crippen molar-refractivity contribution in [3.8, 4) is 0 Å². The summed E-state index contributed by atoms with van der Waals surface area (Å²) in [7, 11) is 0. The Morgan fingerprint density at radius 2 is 1.58 bits per heavy atom. The summed E-state index contributed by atoms with van der Waals surface area (Å²) < 4.78 is 0. The number of hydrogen-bond acceptors (Lipinski definition) is 6. The number of nitrogens with one attached hydrogen (secondary N) is 1. The minimum atomic E-state index is -0.359. The topological polar surface area (TPSA) is 75.2 Å². The molecule has 2 aromatic carbocycles. The third kappa shape index (κ3) is 4.67. The lowest BCUT2D eigenvalue weighted by Gasteiger charge is -2.15. The highest BCUT2D eigenvalue weighted by Gasteiger charge is 2.39. The number of benzene rings is 2. The van der Waals surface area contributed by atoms with Crippen LogP contribution in [0.3, 0.4) is 0 Å². The highest BCUT2D eigenvalue weighted by atomic mass is 32.2. The molecule has 0 bridgehead atoms. The molecule has 7 heteroatoms. The quantitative estimate of drug-likeness (QED) is 0.462. The summed E-state index contributed by atoms with van der Waals surface area (Å²) in [5.41, 5.74) is 4.54. The highest BCUT2D eigenvalue weighted by molar-refractivity contribution is 8.04. The molecule has 1 N–H and O–H groups in total. The molecule has 0 spiro atoms. The molecule has 2 heterocycles. The Hall–Kier alpha value is -3.45. The Kier molecular flexibility index (Phi) is 5.86. The van der Waals surface area contributed by atoms with E-state index in [9.17, 15) is 9.59 Å². The second-order valence-electron chi connectivity index (χ2n) is 7.42. The van der Waals surface area contributed by atoms with Crippen LogP contribution in [0.1, 0.15) is 22.5 Å². The van der Waals surface area contributed by atoms with Gasteiger partial charge in [0.1, 0.15) is 10.6 Å². The van der Waals surface area contributed by atoms with E-state index in [1.54, 1.807) is 0 Å². The maximum Gasteiger partial charge on any atom is 0.278 e. The first-order valence-corrected chi connectivity index (χ1v) is 10.7. The minimum absolute atomic E-state index is 0.204. The van der Waals surface area contributed by atoms with Crippen LogP contribution in [0.4, 0.5) is 5.69 Å². The molecule has 156 valence electrons. The van der Waals surface area contributed by atoms with Gasteiger partial charge in [-0.3, -0.25) is 14.5 Å². The Labute approximate surface area is 185 Å². The van der Waals surface area contributed by atoms with Crippen molar-refractivity contribution in [2.75, 3.05) is 5.32 Å². The zero-order valence-electron chi connectivity index (χ0n) is 17.5. The third-order valence-corrected chi connectivity index (χ3v) is 5.70. The van der Waals surface area contributed by atoms with Crippen LogP contribution in [-0.2, 0) is 16.1 Å². The van der Waals surface area contributed by atoms with Crippen molar-refractivity contribution < 1.29 is 9.59 Å². The monoisotopic (exact) mass is 430 g/mol. The number of aryl methyl sites for hydroxylation is 3. The lowest BCUT2D eigenvalue weighted by molar-refractivity contribution is -0.137. The molecule has 2 amide bonds. The van der Waals surface area contributed by atoms with Gasteiger partial charge in [0.25, 0.3) is 11.8 Å². The fourth-order valence-corrected chi connectivity index (χ4v) is 4.37. The summed E-state index contributed by atoms with van der Waals surface area (Å²) in [5.74, 6) is -0.709. The van der Waals surface area contributed by atoms with Gasteiger partial charge in [-0.25, -0.2) is 9.97 Å². The Morgan fingerprint density at radius 3 is 2.26 bits per heavy atom. The SMILES string of the molecule is Cc1cccc(NC2=C(Sc3nc(C)cc(C)n3)C(=O)N(Cc3ccccc3)C2=O)c1. The molecule has 1 aromatic heterocycles.